The van der Waals surface area contributed by atoms with Crippen LogP contribution < -0.4 is 5.32 Å². The molecule has 12 nitrogen and oxygen atoms in total. The maximum absolute atomic E-state index is 12.9. The van der Waals surface area contributed by atoms with Crippen molar-refractivity contribution in [2.75, 3.05) is 14.2 Å². The van der Waals surface area contributed by atoms with Crippen molar-refractivity contribution in [3.8, 4) is 0 Å². The lowest BCUT2D eigenvalue weighted by molar-refractivity contribution is -0.385. The fraction of sp³-hybridized carbons (Fsp3) is 0.522. The highest BCUT2D eigenvalue weighted by atomic mass is 35.5. The van der Waals surface area contributed by atoms with Crippen molar-refractivity contribution in [3.63, 3.8) is 0 Å². The average molecular weight is 522 g/mol. The quantitative estimate of drug-likeness (QED) is 0.282. The molecule has 194 valence electrons. The first kappa shape index (κ1) is 27.1. The number of benzene rings is 1. The fourth-order valence-electron chi connectivity index (χ4n) is 4.51. The molecule has 1 fully saturated rings. The zero-order valence-electron chi connectivity index (χ0n) is 20.0. The van der Waals surface area contributed by atoms with Gasteiger partial charge in [-0.25, -0.2) is 14.3 Å². The van der Waals surface area contributed by atoms with Gasteiger partial charge in [0.25, 0.3) is 5.91 Å². The van der Waals surface area contributed by atoms with Gasteiger partial charge in [0.2, 0.25) is 0 Å². The Hall–Kier alpha value is -3.54. The number of hydrogen-bond acceptors (Lipinski definition) is 9. The van der Waals surface area contributed by atoms with Crippen LogP contribution in [0.4, 0.5) is 5.69 Å². The summed E-state index contributed by atoms with van der Waals surface area (Å²) in [5.74, 6) is -1.84. The molecule has 1 aliphatic rings. The predicted octanol–water partition coefficient (Wildman–Crippen LogP) is 3.04. The number of nitro benzene ring substituents is 1. The lowest BCUT2D eigenvalue weighted by Gasteiger charge is -2.26. The van der Waals surface area contributed by atoms with Crippen LogP contribution in [0.1, 0.15) is 60.6 Å². The molecule has 0 saturated heterocycles. The van der Waals surface area contributed by atoms with E-state index >= 15 is 0 Å². The SMILES string of the molecule is COC(=O)[C@@H](Cc1cnnn1[C@@H](CC1CCCCC1)C(=O)OC)NC(=O)c1cccc(Cl)c1[N+](=O)[O-]. The third kappa shape index (κ3) is 6.36. The van der Waals surface area contributed by atoms with E-state index in [1.54, 1.807) is 0 Å². The summed E-state index contributed by atoms with van der Waals surface area (Å²) in [6.07, 6.45) is 7.11. The number of amides is 1. The Bertz CT molecular complexity index is 1120. The number of aromatic nitrogens is 3. The van der Waals surface area contributed by atoms with Crippen LogP contribution in [-0.2, 0) is 25.5 Å². The normalized spacial score (nSPS) is 15.5. The molecular weight excluding hydrogens is 494 g/mol. The monoisotopic (exact) mass is 521 g/mol. The van der Waals surface area contributed by atoms with Gasteiger partial charge >= 0.3 is 17.6 Å². The maximum atomic E-state index is 12.9. The number of hydrogen-bond donors (Lipinski definition) is 1. The lowest BCUT2D eigenvalue weighted by atomic mass is 9.84. The Balaban J connectivity index is 1.86. The Morgan fingerprint density at radius 2 is 1.89 bits per heavy atom. The highest BCUT2D eigenvalue weighted by Crippen LogP contribution is 2.32. The highest BCUT2D eigenvalue weighted by molar-refractivity contribution is 6.33. The second-order valence-corrected chi connectivity index (χ2v) is 9.00. The molecule has 1 saturated carbocycles. The van der Waals surface area contributed by atoms with Gasteiger partial charge < -0.3 is 14.8 Å². The number of ether oxygens (including phenoxy) is 2. The molecule has 1 aliphatic carbocycles. The van der Waals surface area contributed by atoms with Crippen LogP contribution in [0.25, 0.3) is 0 Å². The maximum Gasteiger partial charge on any atom is 0.330 e. The van der Waals surface area contributed by atoms with Gasteiger partial charge in [0, 0.05) is 6.42 Å². The van der Waals surface area contributed by atoms with Crippen LogP contribution in [-0.4, -0.2) is 58.0 Å². The number of methoxy groups -OCH3 is 2. The van der Waals surface area contributed by atoms with E-state index in [9.17, 15) is 24.5 Å². The first-order chi connectivity index (χ1) is 17.3. The van der Waals surface area contributed by atoms with E-state index < -0.39 is 40.5 Å². The fourth-order valence-corrected chi connectivity index (χ4v) is 4.75. The minimum Gasteiger partial charge on any atom is -0.467 e. The molecule has 0 radical (unpaired) electrons. The van der Waals surface area contributed by atoms with Crippen molar-refractivity contribution in [3.05, 3.63) is 50.8 Å². The summed E-state index contributed by atoms with van der Waals surface area (Å²) in [5.41, 5.74) is -0.500. The van der Waals surface area contributed by atoms with E-state index in [0.717, 1.165) is 32.8 Å². The third-order valence-corrected chi connectivity index (χ3v) is 6.62. The number of para-hydroxylation sites is 1. The molecule has 1 aromatic carbocycles. The number of esters is 2. The Morgan fingerprint density at radius 3 is 2.53 bits per heavy atom. The standard InChI is InChI=1S/C23H28ClN5O7/c1-35-22(31)18(26-21(30)16-9-6-10-17(24)20(16)29(33)34)12-15-13-25-27-28(15)19(23(32)36-2)11-14-7-4-3-5-8-14/h6,9-10,13-14,18-19H,3-5,7-8,11-12H2,1-2H3,(H,26,30)/t18-,19+/m1/s1. The molecule has 3 rings (SSSR count). The number of halogens is 1. The smallest absolute Gasteiger partial charge is 0.330 e. The molecule has 0 unspecified atom stereocenters. The molecule has 1 heterocycles. The predicted molar refractivity (Wildman–Crippen MR) is 127 cm³/mol. The lowest BCUT2D eigenvalue weighted by Crippen LogP contribution is -2.44. The number of nitro groups is 1. The number of carbonyl (C=O) groups is 3. The van der Waals surface area contributed by atoms with E-state index in [1.165, 1.54) is 42.6 Å². The summed E-state index contributed by atoms with van der Waals surface area (Å²) in [6, 6.07) is 1.92. The molecule has 0 aliphatic heterocycles. The summed E-state index contributed by atoms with van der Waals surface area (Å²) in [5, 5.41) is 21.7. The Morgan fingerprint density at radius 1 is 1.19 bits per heavy atom. The van der Waals surface area contributed by atoms with Crippen molar-refractivity contribution in [2.24, 2.45) is 5.92 Å². The third-order valence-electron chi connectivity index (χ3n) is 6.32. The van der Waals surface area contributed by atoms with Crippen molar-refractivity contribution in [1.29, 1.82) is 0 Å². The van der Waals surface area contributed by atoms with E-state index in [-0.39, 0.29) is 17.0 Å². The zero-order valence-corrected chi connectivity index (χ0v) is 20.8. The average Bonchev–Trinajstić information content (AvgIpc) is 3.33. The highest BCUT2D eigenvalue weighted by Gasteiger charge is 2.32. The molecular formula is C23H28ClN5O7. The molecule has 2 aromatic rings. The number of carbonyl (C=O) groups excluding carboxylic acids is 3. The van der Waals surface area contributed by atoms with Gasteiger partial charge in [-0.05, 0) is 24.5 Å². The number of rotatable bonds is 10. The summed E-state index contributed by atoms with van der Waals surface area (Å²) >= 11 is 5.91. The number of nitrogens with one attached hydrogen (secondary N) is 1. The summed E-state index contributed by atoms with van der Waals surface area (Å²) in [7, 11) is 2.45. The van der Waals surface area contributed by atoms with Crippen LogP contribution in [0, 0.1) is 16.0 Å². The van der Waals surface area contributed by atoms with Crippen molar-refractivity contribution in [2.45, 2.75) is 57.0 Å². The van der Waals surface area contributed by atoms with E-state index in [2.05, 4.69) is 15.6 Å². The molecule has 1 N–H and O–H groups in total. The van der Waals surface area contributed by atoms with Crippen LogP contribution in [0.3, 0.4) is 0 Å². The van der Waals surface area contributed by atoms with Crippen LogP contribution in [0.5, 0.6) is 0 Å². The second-order valence-electron chi connectivity index (χ2n) is 8.60. The molecule has 0 spiro atoms. The topological polar surface area (TPSA) is 156 Å². The molecule has 13 heteroatoms. The summed E-state index contributed by atoms with van der Waals surface area (Å²) < 4.78 is 11.3. The van der Waals surface area contributed by atoms with Crippen molar-refractivity contribution < 1.29 is 28.8 Å². The van der Waals surface area contributed by atoms with Gasteiger partial charge in [-0.3, -0.25) is 14.9 Å². The van der Waals surface area contributed by atoms with Gasteiger partial charge in [-0.1, -0.05) is 55.0 Å². The van der Waals surface area contributed by atoms with E-state index in [4.69, 9.17) is 21.1 Å². The second kappa shape index (κ2) is 12.4. The largest absolute Gasteiger partial charge is 0.467 e. The van der Waals surface area contributed by atoms with Crippen molar-refractivity contribution >= 4 is 35.1 Å². The van der Waals surface area contributed by atoms with Crippen LogP contribution in [0.15, 0.2) is 24.4 Å². The molecule has 2 atom stereocenters. The van der Waals surface area contributed by atoms with E-state index in [1.807, 2.05) is 0 Å². The Kier molecular flexibility index (Phi) is 9.34. The summed E-state index contributed by atoms with van der Waals surface area (Å²) in [4.78, 5) is 48.8. The minimum atomic E-state index is -1.24. The number of nitrogens with zero attached hydrogens (tertiary/aromatic N) is 4. The van der Waals surface area contributed by atoms with Gasteiger partial charge in [-0.2, -0.15) is 0 Å². The first-order valence-corrected chi connectivity index (χ1v) is 11.9. The van der Waals surface area contributed by atoms with Gasteiger partial charge in [0.1, 0.15) is 16.6 Å². The molecule has 1 amide bonds. The summed E-state index contributed by atoms with van der Waals surface area (Å²) in [6.45, 7) is 0. The van der Waals surface area contributed by atoms with Crippen LogP contribution >= 0.6 is 11.6 Å². The zero-order chi connectivity index (χ0) is 26.2. The Labute approximate surface area is 212 Å². The van der Waals surface area contributed by atoms with Gasteiger partial charge in [-0.15, -0.1) is 5.10 Å². The van der Waals surface area contributed by atoms with Gasteiger partial charge in [0.05, 0.1) is 31.0 Å². The minimum absolute atomic E-state index is 0.127. The van der Waals surface area contributed by atoms with E-state index in [0.29, 0.717) is 18.0 Å². The molecule has 1 aromatic heterocycles. The first-order valence-electron chi connectivity index (χ1n) is 11.5. The molecule has 36 heavy (non-hydrogen) atoms. The van der Waals surface area contributed by atoms with Crippen LogP contribution in [0.2, 0.25) is 5.02 Å². The van der Waals surface area contributed by atoms with Crippen molar-refractivity contribution in [1.82, 2.24) is 20.3 Å². The van der Waals surface area contributed by atoms with Gasteiger partial charge in [0.15, 0.2) is 6.04 Å². The molecule has 0 bridgehead atoms.